The molecule has 0 aliphatic carbocycles. The predicted molar refractivity (Wildman–Crippen MR) is 63.0 cm³/mol. The Labute approximate surface area is 92.1 Å². The molecule has 0 N–H and O–H groups in total. The molecule has 0 radical (unpaired) electrons. The smallest absolute Gasteiger partial charge is 0.205 e. The molecule has 0 unspecified atom stereocenters. The summed E-state index contributed by atoms with van der Waals surface area (Å²) >= 11 is 0. The first-order valence-electron chi connectivity index (χ1n) is 5.68. The van der Waals surface area contributed by atoms with Crippen molar-refractivity contribution in [3.63, 3.8) is 0 Å². The third-order valence-electron chi connectivity index (χ3n) is 2.94. The summed E-state index contributed by atoms with van der Waals surface area (Å²) in [5.74, 6) is 1.96. The van der Waals surface area contributed by atoms with E-state index in [2.05, 4.69) is 42.3 Å². The number of hydrogen-bond donors (Lipinski definition) is 0. The van der Waals surface area contributed by atoms with Crippen LogP contribution < -0.4 is 4.90 Å². The van der Waals surface area contributed by atoms with Crippen molar-refractivity contribution in [1.82, 2.24) is 9.55 Å². The Morgan fingerprint density at radius 3 is 2.53 bits per heavy atom. The minimum absolute atomic E-state index is 0.457. The molecule has 2 rings (SSSR count). The zero-order chi connectivity index (χ0) is 11.1. The SMILES string of the molecule is Cn1ccnc1N1CC(CC(C)(C)C)C1. The first kappa shape index (κ1) is 10.5. The Kier molecular flexibility index (Phi) is 2.49. The van der Waals surface area contributed by atoms with Crippen LogP contribution in [0.2, 0.25) is 0 Å². The van der Waals surface area contributed by atoms with Crippen LogP contribution >= 0.6 is 0 Å². The molecule has 0 saturated carbocycles. The predicted octanol–water partition coefficient (Wildman–Crippen LogP) is 2.29. The van der Waals surface area contributed by atoms with Crippen LogP contribution in [0.5, 0.6) is 0 Å². The number of aryl methyl sites for hydroxylation is 1. The molecule has 1 aliphatic heterocycles. The van der Waals surface area contributed by atoms with E-state index in [9.17, 15) is 0 Å². The van der Waals surface area contributed by atoms with Crippen molar-refractivity contribution in [3.8, 4) is 0 Å². The van der Waals surface area contributed by atoms with E-state index in [1.54, 1.807) is 0 Å². The zero-order valence-electron chi connectivity index (χ0n) is 10.2. The average Bonchev–Trinajstić information content (AvgIpc) is 2.41. The van der Waals surface area contributed by atoms with Gasteiger partial charge in [-0.15, -0.1) is 0 Å². The molecule has 1 aromatic rings. The molecule has 15 heavy (non-hydrogen) atoms. The van der Waals surface area contributed by atoms with Gasteiger partial charge in [0.15, 0.2) is 0 Å². The average molecular weight is 207 g/mol. The van der Waals surface area contributed by atoms with Gasteiger partial charge in [0.2, 0.25) is 5.95 Å². The quantitative estimate of drug-likeness (QED) is 0.742. The summed E-state index contributed by atoms with van der Waals surface area (Å²) in [7, 11) is 2.05. The Bertz CT molecular complexity index is 329. The molecule has 0 aromatic carbocycles. The van der Waals surface area contributed by atoms with Gasteiger partial charge in [-0.25, -0.2) is 4.98 Å². The van der Waals surface area contributed by atoms with Crippen molar-refractivity contribution in [2.24, 2.45) is 18.4 Å². The maximum atomic E-state index is 4.36. The van der Waals surface area contributed by atoms with Gasteiger partial charge in [-0.3, -0.25) is 0 Å². The number of aromatic nitrogens is 2. The second-order valence-electron chi connectivity index (χ2n) is 5.87. The molecule has 84 valence electrons. The molecule has 2 heterocycles. The van der Waals surface area contributed by atoms with Gasteiger partial charge in [0.05, 0.1) is 0 Å². The topological polar surface area (TPSA) is 21.1 Å². The lowest BCUT2D eigenvalue weighted by Crippen LogP contribution is -2.49. The Hall–Kier alpha value is -0.990. The van der Waals surface area contributed by atoms with Gasteiger partial charge in [-0.2, -0.15) is 0 Å². The van der Waals surface area contributed by atoms with Crippen LogP contribution in [0.25, 0.3) is 0 Å². The molecule has 0 amide bonds. The normalized spacial score (nSPS) is 18.0. The van der Waals surface area contributed by atoms with Gasteiger partial charge < -0.3 is 9.47 Å². The van der Waals surface area contributed by atoms with Gasteiger partial charge in [0.1, 0.15) is 0 Å². The minimum Gasteiger partial charge on any atom is -0.342 e. The molecule has 1 aromatic heterocycles. The summed E-state index contributed by atoms with van der Waals surface area (Å²) in [6, 6.07) is 0. The van der Waals surface area contributed by atoms with E-state index in [0.717, 1.165) is 11.9 Å². The van der Waals surface area contributed by atoms with Gasteiger partial charge >= 0.3 is 0 Å². The van der Waals surface area contributed by atoms with Crippen LogP contribution in [-0.4, -0.2) is 22.6 Å². The third kappa shape index (κ3) is 2.33. The number of anilines is 1. The van der Waals surface area contributed by atoms with Crippen molar-refractivity contribution >= 4 is 5.95 Å². The van der Waals surface area contributed by atoms with Crippen molar-refractivity contribution < 1.29 is 0 Å². The van der Waals surface area contributed by atoms with E-state index in [0.29, 0.717) is 5.41 Å². The first-order valence-corrected chi connectivity index (χ1v) is 5.68. The number of hydrogen-bond acceptors (Lipinski definition) is 2. The van der Waals surface area contributed by atoms with Crippen LogP contribution in [0.1, 0.15) is 27.2 Å². The van der Waals surface area contributed by atoms with Crippen molar-refractivity contribution in [2.45, 2.75) is 27.2 Å². The Morgan fingerprint density at radius 2 is 2.07 bits per heavy atom. The van der Waals surface area contributed by atoms with E-state index >= 15 is 0 Å². The highest BCUT2D eigenvalue weighted by Gasteiger charge is 2.31. The molecule has 0 spiro atoms. The first-order chi connectivity index (χ1) is 6.96. The maximum Gasteiger partial charge on any atom is 0.205 e. The second-order valence-corrected chi connectivity index (χ2v) is 5.87. The fourth-order valence-corrected chi connectivity index (χ4v) is 2.39. The van der Waals surface area contributed by atoms with Crippen LogP contribution in [0.4, 0.5) is 5.95 Å². The summed E-state index contributed by atoms with van der Waals surface area (Å²) in [4.78, 5) is 6.72. The van der Waals surface area contributed by atoms with E-state index in [1.807, 2.05) is 12.4 Å². The molecule has 0 atom stereocenters. The van der Waals surface area contributed by atoms with Crippen molar-refractivity contribution in [2.75, 3.05) is 18.0 Å². The minimum atomic E-state index is 0.457. The lowest BCUT2D eigenvalue weighted by atomic mass is 9.81. The molecular formula is C12H21N3. The molecule has 3 nitrogen and oxygen atoms in total. The summed E-state index contributed by atoms with van der Waals surface area (Å²) in [5.41, 5.74) is 0.457. The highest BCUT2D eigenvalue weighted by atomic mass is 15.3. The van der Waals surface area contributed by atoms with Crippen LogP contribution in [-0.2, 0) is 7.05 Å². The van der Waals surface area contributed by atoms with Gasteiger partial charge in [0, 0.05) is 32.5 Å². The molecule has 0 bridgehead atoms. The van der Waals surface area contributed by atoms with E-state index < -0.39 is 0 Å². The Morgan fingerprint density at radius 1 is 1.40 bits per heavy atom. The van der Waals surface area contributed by atoms with Crippen LogP contribution in [0.15, 0.2) is 12.4 Å². The molecule has 1 aliphatic rings. The highest BCUT2D eigenvalue weighted by molar-refractivity contribution is 5.35. The van der Waals surface area contributed by atoms with Crippen LogP contribution in [0.3, 0.4) is 0 Å². The third-order valence-corrected chi connectivity index (χ3v) is 2.94. The van der Waals surface area contributed by atoms with Crippen molar-refractivity contribution in [1.29, 1.82) is 0 Å². The molecule has 1 saturated heterocycles. The Balaban J connectivity index is 1.87. The molecule has 3 heteroatoms. The summed E-state index contributed by atoms with van der Waals surface area (Å²) in [5, 5.41) is 0. The fourth-order valence-electron chi connectivity index (χ4n) is 2.39. The lowest BCUT2D eigenvalue weighted by Gasteiger charge is -2.42. The molecular weight excluding hydrogens is 186 g/mol. The molecule has 1 fully saturated rings. The lowest BCUT2D eigenvalue weighted by molar-refractivity contribution is 0.254. The monoisotopic (exact) mass is 207 g/mol. The summed E-state index contributed by atoms with van der Waals surface area (Å²) in [6.07, 6.45) is 5.19. The second kappa shape index (κ2) is 3.54. The zero-order valence-corrected chi connectivity index (χ0v) is 10.2. The van der Waals surface area contributed by atoms with E-state index in [4.69, 9.17) is 0 Å². The van der Waals surface area contributed by atoms with Gasteiger partial charge in [-0.05, 0) is 17.8 Å². The van der Waals surface area contributed by atoms with Gasteiger partial charge in [-0.1, -0.05) is 20.8 Å². The number of nitrogens with zero attached hydrogens (tertiary/aromatic N) is 3. The van der Waals surface area contributed by atoms with Gasteiger partial charge in [0.25, 0.3) is 0 Å². The fraction of sp³-hybridized carbons (Fsp3) is 0.750. The standard InChI is InChI=1S/C12H21N3/c1-12(2,3)7-10-8-15(9-10)11-13-5-6-14(11)4/h5-6,10H,7-9H2,1-4H3. The number of imidazole rings is 1. The maximum absolute atomic E-state index is 4.36. The van der Waals surface area contributed by atoms with E-state index in [-0.39, 0.29) is 0 Å². The largest absolute Gasteiger partial charge is 0.342 e. The van der Waals surface area contributed by atoms with E-state index in [1.165, 1.54) is 19.5 Å². The van der Waals surface area contributed by atoms with Crippen LogP contribution in [0, 0.1) is 11.3 Å². The number of rotatable bonds is 2. The summed E-state index contributed by atoms with van der Waals surface area (Å²) < 4.78 is 2.09. The summed E-state index contributed by atoms with van der Waals surface area (Å²) in [6.45, 7) is 9.29. The van der Waals surface area contributed by atoms with Crippen molar-refractivity contribution in [3.05, 3.63) is 12.4 Å². The highest BCUT2D eigenvalue weighted by Crippen LogP contribution is 2.32.